The van der Waals surface area contributed by atoms with E-state index in [4.69, 9.17) is 9.47 Å². The van der Waals surface area contributed by atoms with Gasteiger partial charge in [0.05, 0.1) is 0 Å². The Kier molecular flexibility index (Phi) is 4.14. The molecule has 0 fully saturated rings. The van der Waals surface area contributed by atoms with E-state index in [0.717, 1.165) is 12.1 Å². The minimum absolute atomic E-state index is 0.0655. The zero-order valence-electron chi connectivity index (χ0n) is 12.5. The maximum Gasteiger partial charge on any atom is 0.271 e. The average Bonchev–Trinajstić information content (AvgIpc) is 2.58. The van der Waals surface area contributed by atoms with Crippen molar-refractivity contribution < 1.29 is 23.0 Å². The topological polar surface area (TPSA) is 38.8 Å². The molecule has 6 heteroatoms. The van der Waals surface area contributed by atoms with Gasteiger partial charge >= 0.3 is 0 Å². The van der Waals surface area contributed by atoms with Crippen LogP contribution in [0, 0.1) is 11.6 Å². The first-order valence-corrected chi connectivity index (χ1v) is 7.25. The maximum atomic E-state index is 13.4. The number of nitrogens with zero attached hydrogens (tertiary/aromatic N) is 1. The lowest BCUT2D eigenvalue weighted by molar-refractivity contribution is -0.127. The highest BCUT2D eigenvalue weighted by Gasteiger charge is 2.31. The number of amides is 1. The Labute approximate surface area is 132 Å². The molecular weight excluding hydrogens is 304 g/mol. The van der Waals surface area contributed by atoms with Gasteiger partial charge in [-0.3, -0.25) is 4.79 Å². The van der Waals surface area contributed by atoms with Crippen LogP contribution in [0.3, 0.4) is 0 Å². The average molecular weight is 319 g/mol. The molecule has 1 unspecified atom stereocenters. The minimum atomic E-state index is -1.00. The third-order valence-electron chi connectivity index (χ3n) is 3.58. The summed E-state index contributed by atoms with van der Waals surface area (Å²) in [5.41, 5.74) is 0.277. The van der Waals surface area contributed by atoms with Crippen LogP contribution < -0.4 is 14.4 Å². The first kappa shape index (κ1) is 15.3. The third-order valence-corrected chi connectivity index (χ3v) is 3.58. The van der Waals surface area contributed by atoms with Gasteiger partial charge in [-0.1, -0.05) is 12.1 Å². The molecule has 0 saturated heterocycles. The van der Waals surface area contributed by atoms with E-state index in [2.05, 4.69) is 0 Å². The summed E-state index contributed by atoms with van der Waals surface area (Å²) in [6, 6.07) is 10.4. The lowest BCUT2D eigenvalue weighted by atomic mass is 10.2. The van der Waals surface area contributed by atoms with Crippen molar-refractivity contribution in [3.63, 3.8) is 0 Å². The second-order valence-electron chi connectivity index (χ2n) is 5.05. The number of ether oxygens (including phenoxy) is 2. The predicted molar refractivity (Wildman–Crippen MR) is 80.7 cm³/mol. The van der Waals surface area contributed by atoms with Gasteiger partial charge in [-0.2, -0.15) is 0 Å². The number of para-hydroxylation sites is 2. The van der Waals surface area contributed by atoms with E-state index in [9.17, 15) is 13.6 Å². The van der Waals surface area contributed by atoms with Gasteiger partial charge in [-0.25, -0.2) is 8.78 Å². The van der Waals surface area contributed by atoms with Crippen molar-refractivity contribution >= 4 is 11.6 Å². The molecule has 0 aromatic heterocycles. The summed E-state index contributed by atoms with van der Waals surface area (Å²) < 4.78 is 37.7. The van der Waals surface area contributed by atoms with Crippen LogP contribution in [0.15, 0.2) is 42.5 Å². The summed E-state index contributed by atoms with van der Waals surface area (Å²) in [4.78, 5) is 14.0. The first-order chi connectivity index (χ1) is 11.1. The van der Waals surface area contributed by atoms with Crippen molar-refractivity contribution in [2.75, 3.05) is 18.1 Å². The fourth-order valence-corrected chi connectivity index (χ4v) is 2.43. The largest absolute Gasteiger partial charge is 0.485 e. The van der Waals surface area contributed by atoms with Crippen LogP contribution in [0.1, 0.15) is 6.92 Å². The van der Waals surface area contributed by atoms with E-state index < -0.39 is 17.7 Å². The molecule has 0 spiro atoms. The van der Waals surface area contributed by atoms with E-state index in [1.54, 1.807) is 25.1 Å². The molecule has 1 heterocycles. The lowest BCUT2D eigenvalue weighted by Gasteiger charge is -2.30. The monoisotopic (exact) mass is 319 g/mol. The van der Waals surface area contributed by atoms with Gasteiger partial charge in [0, 0.05) is 18.3 Å². The smallest absolute Gasteiger partial charge is 0.271 e. The Morgan fingerprint density at radius 1 is 1.17 bits per heavy atom. The zero-order chi connectivity index (χ0) is 16.4. The van der Waals surface area contributed by atoms with Crippen molar-refractivity contribution in [2.24, 2.45) is 0 Å². The van der Waals surface area contributed by atoms with Crippen LogP contribution in [0.25, 0.3) is 0 Å². The fourth-order valence-electron chi connectivity index (χ4n) is 2.43. The van der Waals surface area contributed by atoms with Crippen molar-refractivity contribution in [1.29, 1.82) is 0 Å². The van der Waals surface area contributed by atoms with E-state index >= 15 is 0 Å². The molecule has 23 heavy (non-hydrogen) atoms. The molecule has 1 amide bonds. The minimum Gasteiger partial charge on any atom is -0.485 e. The molecule has 0 N–H and O–H groups in total. The molecule has 1 aliphatic rings. The molecule has 0 radical (unpaired) electrons. The number of fused-ring (bicyclic) bond motifs is 1. The van der Waals surface area contributed by atoms with E-state index in [0.29, 0.717) is 18.0 Å². The summed E-state index contributed by atoms with van der Waals surface area (Å²) in [6.45, 7) is 2.11. The number of carbonyl (C=O) groups is 1. The highest BCUT2D eigenvalue weighted by Crippen LogP contribution is 2.31. The molecule has 120 valence electrons. The number of hydrogen-bond acceptors (Lipinski definition) is 3. The van der Waals surface area contributed by atoms with E-state index in [-0.39, 0.29) is 18.2 Å². The maximum absolute atomic E-state index is 13.4. The second-order valence-corrected chi connectivity index (χ2v) is 5.05. The molecule has 1 aliphatic heterocycles. The quantitative estimate of drug-likeness (QED) is 0.872. The van der Waals surface area contributed by atoms with Crippen molar-refractivity contribution in [1.82, 2.24) is 0 Å². The highest BCUT2D eigenvalue weighted by molar-refractivity contribution is 5.97. The fraction of sp³-hybridized carbons (Fsp3) is 0.235. The Morgan fingerprint density at radius 3 is 2.61 bits per heavy atom. The van der Waals surface area contributed by atoms with Crippen molar-refractivity contribution in [3.8, 4) is 11.5 Å². The molecule has 2 aromatic carbocycles. The first-order valence-electron chi connectivity index (χ1n) is 7.25. The van der Waals surface area contributed by atoms with Crippen LogP contribution in [0.4, 0.5) is 14.5 Å². The van der Waals surface area contributed by atoms with Gasteiger partial charge in [-0.05, 0) is 31.2 Å². The van der Waals surface area contributed by atoms with Gasteiger partial charge in [-0.15, -0.1) is 0 Å². The number of rotatable bonds is 3. The van der Waals surface area contributed by atoms with Crippen LogP contribution in [-0.2, 0) is 4.79 Å². The van der Waals surface area contributed by atoms with Crippen LogP contribution in [-0.4, -0.2) is 25.2 Å². The molecule has 4 nitrogen and oxygen atoms in total. The molecule has 0 bridgehead atoms. The number of carbonyl (C=O) groups excluding carboxylic acids is 1. The second kappa shape index (κ2) is 6.24. The summed E-state index contributed by atoms with van der Waals surface area (Å²) in [5, 5.41) is 0. The molecular formula is C17H15F2NO3. The van der Waals surface area contributed by atoms with Gasteiger partial charge in [0.1, 0.15) is 6.61 Å². The molecule has 1 atom stereocenters. The van der Waals surface area contributed by atoms with Gasteiger partial charge in [0.25, 0.3) is 5.91 Å². The number of likely N-dealkylation sites (N-methyl/N-ethyl adjacent to an activating group) is 1. The summed E-state index contributed by atoms with van der Waals surface area (Å²) >= 11 is 0. The lowest BCUT2D eigenvalue weighted by Crippen LogP contribution is -2.46. The van der Waals surface area contributed by atoms with Crippen LogP contribution in [0.2, 0.25) is 0 Å². The zero-order valence-corrected chi connectivity index (χ0v) is 12.5. The summed E-state index contributed by atoms with van der Waals surface area (Å²) in [6.07, 6.45) is -0.835. The predicted octanol–water partition coefficient (Wildman–Crippen LogP) is 3.16. The number of benzene rings is 2. The summed E-state index contributed by atoms with van der Waals surface area (Å²) in [5.74, 6) is -1.26. The van der Waals surface area contributed by atoms with Crippen LogP contribution >= 0.6 is 0 Å². The molecule has 0 saturated carbocycles. The Morgan fingerprint density at radius 2 is 1.91 bits per heavy atom. The molecule has 2 aromatic rings. The Hall–Kier alpha value is -2.63. The van der Waals surface area contributed by atoms with Crippen LogP contribution in [0.5, 0.6) is 11.5 Å². The van der Waals surface area contributed by atoms with E-state index in [1.807, 2.05) is 6.07 Å². The highest BCUT2D eigenvalue weighted by atomic mass is 19.2. The van der Waals surface area contributed by atoms with Gasteiger partial charge < -0.3 is 14.4 Å². The van der Waals surface area contributed by atoms with Gasteiger partial charge in [0.15, 0.2) is 23.1 Å². The van der Waals surface area contributed by atoms with E-state index in [1.165, 1.54) is 11.0 Å². The SMILES string of the molecule is CCN(C(=O)C1COc2ccccc2O1)c1ccc(F)c(F)c1. The Bertz CT molecular complexity index is 736. The molecule has 3 rings (SSSR count). The van der Waals surface area contributed by atoms with Crippen molar-refractivity contribution in [2.45, 2.75) is 13.0 Å². The Balaban J connectivity index is 1.82. The third kappa shape index (κ3) is 2.97. The number of halogens is 2. The number of anilines is 1. The van der Waals surface area contributed by atoms with Crippen molar-refractivity contribution in [3.05, 3.63) is 54.1 Å². The summed E-state index contributed by atoms with van der Waals surface area (Å²) in [7, 11) is 0. The number of hydrogen-bond donors (Lipinski definition) is 0. The standard InChI is InChI=1S/C17H15F2NO3/c1-2-20(11-7-8-12(18)13(19)9-11)17(21)16-10-22-14-5-3-4-6-15(14)23-16/h3-9,16H,2,10H2,1H3. The van der Waals surface area contributed by atoms with Gasteiger partial charge in [0.2, 0.25) is 6.10 Å². The molecule has 0 aliphatic carbocycles. The normalized spacial score (nSPS) is 16.0.